The third kappa shape index (κ3) is 2.08. The summed E-state index contributed by atoms with van der Waals surface area (Å²) in [4.78, 5) is 15.8. The fourth-order valence-electron chi connectivity index (χ4n) is 7.03. The molecule has 4 nitrogen and oxygen atoms in total. The van der Waals surface area contributed by atoms with E-state index in [4.69, 9.17) is 9.47 Å². The number of likely N-dealkylation sites (tertiary alicyclic amines) is 1. The molecule has 3 fully saturated rings. The second-order valence-electron chi connectivity index (χ2n) is 10.1. The predicted octanol–water partition coefficient (Wildman–Crippen LogP) is 3.84. The predicted molar refractivity (Wildman–Crippen MR) is 107 cm³/mol. The lowest BCUT2D eigenvalue weighted by Crippen LogP contribution is -2.66. The summed E-state index contributed by atoms with van der Waals surface area (Å²) in [6, 6.07) is 2.76. The van der Waals surface area contributed by atoms with Crippen LogP contribution in [0.25, 0.3) is 0 Å². The molecule has 6 rings (SSSR count). The lowest BCUT2D eigenvalue weighted by molar-refractivity contribution is -0.138. The Labute approximate surface area is 167 Å². The van der Waals surface area contributed by atoms with Crippen molar-refractivity contribution in [3.05, 3.63) is 22.8 Å². The summed E-state index contributed by atoms with van der Waals surface area (Å²) in [6.45, 7) is 6.92. The fraction of sp³-hybridized carbons (Fsp3) is 0.708. The molecule has 150 valence electrons. The molecule has 2 bridgehead atoms. The van der Waals surface area contributed by atoms with Crippen molar-refractivity contribution in [1.29, 1.82) is 0 Å². The van der Waals surface area contributed by atoms with Gasteiger partial charge in [0.05, 0.1) is 7.11 Å². The third-order valence-electron chi connectivity index (χ3n) is 8.40. The number of ketones is 1. The minimum absolute atomic E-state index is 0.110. The summed E-state index contributed by atoms with van der Waals surface area (Å²) < 4.78 is 12.3. The molecule has 0 aromatic heterocycles. The van der Waals surface area contributed by atoms with Crippen molar-refractivity contribution < 1.29 is 14.3 Å². The summed E-state index contributed by atoms with van der Waals surface area (Å²) in [5, 5.41) is 0. The molecular weight excluding hydrogens is 350 g/mol. The molecule has 0 amide bonds. The van der Waals surface area contributed by atoms with E-state index in [0.29, 0.717) is 30.1 Å². The van der Waals surface area contributed by atoms with E-state index >= 15 is 0 Å². The van der Waals surface area contributed by atoms with Gasteiger partial charge >= 0.3 is 0 Å². The minimum Gasteiger partial charge on any atom is -0.493 e. The first kappa shape index (κ1) is 17.3. The number of Topliss-reactive ketones (excluding diaryl/α,β-unsaturated/α-hetero) is 1. The van der Waals surface area contributed by atoms with Gasteiger partial charge in [-0.1, -0.05) is 13.8 Å². The molecule has 1 aromatic rings. The number of nitrogens with zero attached hydrogens (tertiary/aromatic N) is 1. The molecule has 2 heterocycles. The largest absolute Gasteiger partial charge is 0.493 e. The van der Waals surface area contributed by atoms with Crippen LogP contribution in [0.3, 0.4) is 0 Å². The standard InChI is InChI=1S/C24H31NO3/c1-13(2)15-11-20(27-3)22-21-16(15)10-18-17-6-7-19(26)23(28-22)24(17,21)8-9-25(18)12-14-4-5-14/h11,13-14,17-18,23H,4-10,12H2,1-3H3/t17?,18?,23-,24-/m1/s1. The van der Waals surface area contributed by atoms with E-state index < -0.39 is 0 Å². The van der Waals surface area contributed by atoms with Crippen LogP contribution in [-0.2, 0) is 16.6 Å². The van der Waals surface area contributed by atoms with Crippen molar-refractivity contribution in [2.45, 2.75) is 75.9 Å². The molecule has 2 saturated carbocycles. The third-order valence-corrected chi connectivity index (χ3v) is 8.40. The van der Waals surface area contributed by atoms with E-state index in [2.05, 4.69) is 24.8 Å². The summed E-state index contributed by atoms with van der Waals surface area (Å²) in [5.41, 5.74) is 4.13. The zero-order valence-corrected chi connectivity index (χ0v) is 17.3. The molecule has 3 aliphatic carbocycles. The van der Waals surface area contributed by atoms with Gasteiger partial charge in [0.25, 0.3) is 0 Å². The van der Waals surface area contributed by atoms with Crippen LogP contribution in [0.1, 0.15) is 68.6 Å². The quantitative estimate of drug-likeness (QED) is 0.794. The number of hydrogen-bond donors (Lipinski definition) is 0. The molecule has 2 aliphatic heterocycles. The Hall–Kier alpha value is -1.55. The Kier molecular flexibility index (Phi) is 3.56. The van der Waals surface area contributed by atoms with Crippen LogP contribution in [0.2, 0.25) is 0 Å². The molecule has 1 aromatic carbocycles. The van der Waals surface area contributed by atoms with Gasteiger partial charge in [-0.05, 0) is 73.6 Å². The Morgan fingerprint density at radius 1 is 1.32 bits per heavy atom. The topological polar surface area (TPSA) is 38.8 Å². The molecule has 0 N–H and O–H groups in total. The van der Waals surface area contributed by atoms with E-state index in [0.717, 1.165) is 43.2 Å². The number of rotatable bonds is 4. The van der Waals surface area contributed by atoms with E-state index in [1.54, 1.807) is 7.11 Å². The van der Waals surface area contributed by atoms with Gasteiger partial charge in [-0.3, -0.25) is 9.69 Å². The van der Waals surface area contributed by atoms with Crippen molar-refractivity contribution >= 4 is 5.78 Å². The van der Waals surface area contributed by atoms with Crippen LogP contribution < -0.4 is 9.47 Å². The van der Waals surface area contributed by atoms with E-state index in [9.17, 15) is 4.79 Å². The maximum Gasteiger partial charge on any atom is 0.174 e. The van der Waals surface area contributed by atoms with Crippen LogP contribution in [0.15, 0.2) is 6.07 Å². The molecule has 28 heavy (non-hydrogen) atoms. The van der Waals surface area contributed by atoms with Crippen molar-refractivity contribution in [3.8, 4) is 11.5 Å². The molecular formula is C24H31NO3. The second kappa shape index (κ2) is 5.75. The number of methoxy groups -OCH3 is 1. The molecule has 5 aliphatic rings. The first-order chi connectivity index (χ1) is 13.5. The highest BCUT2D eigenvalue weighted by atomic mass is 16.5. The molecule has 0 radical (unpaired) electrons. The summed E-state index contributed by atoms with van der Waals surface area (Å²) >= 11 is 0. The molecule has 4 heteroatoms. The average molecular weight is 382 g/mol. The average Bonchev–Trinajstić information content (AvgIpc) is 3.42. The van der Waals surface area contributed by atoms with Gasteiger partial charge in [0.2, 0.25) is 0 Å². The monoisotopic (exact) mass is 381 g/mol. The number of ether oxygens (including phenoxy) is 2. The first-order valence-electron chi connectivity index (χ1n) is 11.2. The zero-order chi connectivity index (χ0) is 19.2. The van der Waals surface area contributed by atoms with Gasteiger partial charge in [0, 0.05) is 30.0 Å². The van der Waals surface area contributed by atoms with Crippen LogP contribution in [0.5, 0.6) is 11.5 Å². The van der Waals surface area contributed by atoms with Gasteiger partial charge in [0.15, 0.2) is 23.4 Å². The van der Waals surface area contributed by atoms with E-state index in [-0.39, 0.29) is 11.5 Å². The normalized spacial score (nSPS) is 35.7. The van der Waals surface area contributed by atoms with Gasteiger partial charge < -0.3 is 9.47 Å². The van der Waals surface area contributed by atoms with Crippen molar-refractivity contribution in [3.63, 3.8) is 0 Å². The lowest BCUT2D eigenvalue weighted by atomic mass is 9.51. The highest BCUT2D eigenvalue weighted by Crippen LogP contribution is 2.64. The van der Waals surface area contributed by atoms with Gasteiger partial charge in [0.1, 0.15) is 0 Å². The maximum absolute atomic E-state index is 13.0. The van der Waals surface area contributed by atoms with Gasteiger partial charge in [-0.25, -0.2) is 0 Å². The first-order valence-corrected chi connectivity index (χ1v) is 11.2. The van der Waals surface area contributed by atoms with E-state index in [1.165, 1.54) is 36.1 Å². The SMILES string of the molecule is COc1cc(C(C)C)c2c3c1O[C@@H]1C(=O)CCC4C(C2)N(CC2CC2)CC[C@]341. The highest BCUT2D eigenvalue weighted by molar-refractivity contribution is 5.89. The second-order valence-corrected chi connectivity index (χ2v) is 10.1. The zero-order valence-electron chi connectivity index (χ0n) is 17.3. The molecule has 1 spiro atoms. The number of hydrogen-bond acceptors (Lipinski definition) is 4. The van der Waals surface area contributed by atoms with Crippen LogP contribution >= 0.6 is 0 Å². The number of carbonyl (C=O) groups excluding carboxylic acids is 1. The van der Waals surface area contributed by atoms with Gasteiger partial charge in [-0.2, -0.15) is 0 Å². The molecule has 1 saturated heterocycles. The summed E-state index contributed by atoms with van der Waals surface area (Å²) in [5.74, 6) is 3.93. The van der Waals surface area contributed by atoms with E-state index in [1.807, 2.05) is 0 Å². The number of piperidine rings is 1. The van der Waals surface area contributed by atoms with Crippen molar-refractivity contribution in [1.82, 2.24) is 4.90 Å². The molecule has 2 unspecified atom stereocenters. The molecule has 4 atom stereocenters. The minimum atomic E-state index is -0.290. The van der Waals surface area contributed by atoms with Crippen molar-refractivity contribution in [2.75, 3.05) is 20.2 Å². The fourth-order valence-corrected chi connectivity index (χ4v) is 7.03. The van der Waals surface area contributed by atoms with Gasteiger partial charge in [-0.15, -0.1) is 0 Å². The summed E-state index contributed by atoms with van der Waals surface area (Å²) in [6.07, 6.45) is 6.38. The lowest BCUT2D eigenvalue weighted by Gasteiger charge is -2.58. The van der Waals surface area contributed by atoms with Crippen LogP contribution in [0.4, 0.5) is 0 Å². The Morgan fingerprint density at radius 2 is 2.14 bits per heavy atom. The summed E-state index contributed by atoms with van der Waals surface area (Å²) in [7, 11) is 1.73. The Bertz CT molecular complexity index is 858. The van der Waals surface area contributed by atoms with Crippen molar-refractivity contribution in [2.24, 2.45) is 11.8 Å². The number of benzene rings is 1. The Balaban J connectivity index is 1.57. The maximum atomic E-state index is 13.0. The Morgan fingerprint density at radius 3 is 2.86 bits per heavy atom. The number of carbonyl (C=O) groups is 1. The smallest absolute Gasteiger partial charge is 0.174 e. The van der Waals surface area contributed by atoms with Crippen LogP contribution in [-0.4, -0.2) is 43.0 Å². The highest BCUT2D eigenvalue weighted by Gasteiger charge is 2.66. The van der Waals surface area contributed by atoms with Crippen LogP contribution in [0, 0.1) is 11.8 Å².